The van der Waals surface area contributed by atoms with Crippen molar-refractivity contribution in [3.05, 3.63) is 48.1 Å². The van der Waals surface area contributed by atoms with Crippen LogP contribution in [0.15, 0.2) is 48.1 Å². The van der Waals surface area contributed by atoms with Crippen LogP contribution in [0, 0.1) is 0 Å². The van der Waals surface area contributed by atoms with Crippen LogP contribution >= 0.6 is 0 Å². The largest absolute Gasteiger partial charge is 0.366 e. The van der Waals surface area contributed by atoms with Gasteiger partial charge in [-0.15, -0.1) is 0 Å². The van der Waals surface area contributed by atoms with Gasteiger partial charge in [-0.1, -0.05) is 12.1 Å². The standard InChI is InChI=1S/C18H22N6O2/c1-2-19-17(25)13-6-7-14-16(21-13)24(12-8-10-23(14)11-12)18(26)22-15-5-3-4-9-20-15/h3-7,9,12-13,21H,2,8,10-11H2,1H3,(H,19,25)(H,20,22,26)/t12-,13?/m0/s1. The number of nitrogens with zero attached hydrogens (tertiary/aromatic N) is 3. The zero-order valence-corrected chi connectivity index (χ0v) is 14.6. The first kappa shape index (κ1) is 16.4. The van der Waals surface area contributed by atoms with Gasteiger partial charge in [-0.25, -0.2) is 9.78 Å². The maximum Gasteiger partial charge on any atom is 0.328 e. The van der Waals surface area contributed by atoms with Crippen molar-refractivity contribution in [3.8, 4) is 0 Å². The van der Waals surface area contributed by atoms with Gasteiger partial charge in [-0.05, 0) is 31.6 Å². The summed E-state index contributed by atoms with van der Waals surface area (Å²) in [5, 5.41) is 8.91. The molecule has 0 aliphatic carbocycles. The lowest BCUT2D eigenvalue weighted by Gasteiger charge is -2.40. The van der Waals surface area contributed by atoms with E-state index in [4.69, 9.17) is 0 Å². The molecule has 4 rings (SSSR count). The Kier molecular flexibility index (Phi) is 4.24. The lowest BCUT2D eigenvalue weighted by molar-refractivity contribution is -0.121. The summed E-state index contributed by atoms with van der Waals surface area (Å²) in [5.41, 5.74) is 0.954. The van der Waals surface area contributed by atoms with E-state index in [0.717, 1.165) is 25.2 Å². The van der Waals surface area contributed by atoms with E-state index in [1.54, 1.807) is 23.2 Å². The minimum absolute atomic E-state index is 0.0753. The molecule has 3 aliphatic heterocycles. The Labute approximate surface area is 151 Å². The van der Waals surface area contributed by atoms with Crippen molar-refractivity contribution in [3.63, 3.8) is 0 Å². The number of amides is 3. The molecule has 26 heavy (non-hydrogen) atoms. The van der Waals surface area contributed by atoms with E-state index in [1.807, 2.05) is 25.1 Å². The summed E-state index contributed by atoms with van der Waals surface area (Å²) in [5.74, 6) is 1.09. The van der Waals surface area contributed by atoms with Crippen LogP contribution in [0.3, 0.4) is 0 Å². The Morgan fingerprint density at radius 1 is 1.38 bits per heavy atom. The van der Waals surface area contributed by atoms with Crippen molar-refractivity contribution in [2.24, 2.45) is 0 Å². The summed E-state index contributed by atoms with van der Waals surface area (Å²) in [4.78, 5) is 33.4. The summed E-state index contributed by atoms with van der Waals surface area (Å²) >= 11 is 0. The Balaban J connectivity index is 1.60. The molecular weight excluding hydrogens is 332 g/mol. The van der Waals surface area contributed by atoms with E-state index in [9.17, 15) is 9.59 Å². The monoisotopic (exact) mass is 354 g/mol. The molecule has 3 amide bonds. The number of dihydropyridines is 1. The van der Waals surface area contributed by atoms with Gasteiger partial charge < -0.3 is 15.5 Å². The van der Waals surface area contributed by atoms with Crippen molar-refractivity contribution < 1.29 is 9.59 Å². The van der Waals surface area contributed by atoms with E-state index < -0.39 is 6.04 Å². The molecular formula is C18H22N6O2. The van der Waals surface area contributed by atoms with Crippen molar-refractivity contribution in [2.75, 3.05) is 25.0 Å². The third-order valence-electron chi connectivity index (χ3n) is 4.84. The Morgan fingerprint density at radius 3 is 3.04 bits per heavy atom. The minimum atomic E-state index is -0.488. The number of nitrogens with one attached hydrogen (secondary N) is 3. The SMILES string of the molecule is CCNC(=O)C1C=CC2=C(N1)N(C(=O)Nc1ccccn1)[C@H]1CCN2C1. The van der Waals surface area contributed by atoms with Gasteiger partial charge in [0.25, 0.3) is 0 Å². The fourth-order valence-electron chi connectivity index (χ4n) is 3.65. The molecule has 1 unspecified atom stereocenters. The zero-order chi connectivity index (χ0) is 18.1. The molecule has 2 bridgehead atoms. The molecule has 8 heteroatoms. The molecule has 1 aromatic rings. The molecule has 0 aromatic carbocycles. The van der Waals surface area contributed by atoms with Gasteiger partial charge in [0.05, 0.1) is 11.7 Å². The van der Waals surface area contributed by atoms with Crippen LogP contribution in [-0.4, -0.2) is 58.4 Å². The number of aromatic nitrogens is 1. The van der Waals surface area contributed by atoms with Gasteiger partial charge in [0, 0.05) is 25.8 Å². The Hall–Kier alpha value is -3.03. The van der Waals surface area contributed by atoms with Crippen LogP contribution in [0.4, 0.5) is 10.6 Å². The van der Waals surface area contributed by atoms with Crippen molar-refractivity contribution in [1.82, 2.24) is 25.4 Å². The zero-order valence-electron chi connectivity index (χ0n) is 14.6. The minimum Gasteiger partial charge on any atom is -0.366 e. The molecule has 136 valence electrons. The van der Waals surface area contributed by atoms with Crippen molar-refractivity contribution in [2.45, 2.75) is 25.4 Å². The lowest BCUT2D eigenvalue weighted by Crippen LogP contribution is -2.56. The molecule has 0 saturated carbocycles. The van der Waals surface area contributed by atoms with Gasteiger partial charge in [0.2, 0.25) is 5.91 Å². The third-order valence-corrected chi connectivity index (χ3v) is 4.84. The number of carbonyl (C=O) groups is 2. The average molecular weight is 354 g/mol. The smallest absolute Gasteiger partial charge is 0.328 e. The number of hydrogen-bond donors (Lipinski definition) is 3. The highest BCUT2D eigenvalue weighted by Crippen LogP contribution is 2.33. The number of likely N-dealkylation sites (N-methyl/N-ethyl adjacent to an activating group) is 1. The second-order valence-corrected chi connectivity index (χ2v) is 6.51. The van der Waals surface area contributed by atoms with Gasteiger partial charge in [0.1, 0.15) is 17.7 Å². The molecule has 1 aromatic heterocycles. The second kappa shape index (κ2) is 6.70. The van der Waals surface area contributed by atoms with Crippen LogP contribution in [0.5, 0.6) is 0 Å². The molecule has 1 saturated heterocycles. The highest BCUT2D eigenvalue weighted by atomic mass is 16.2. The number of carbonyl (C=O) groups excluding carboxylic acids is 2. The first-order valence-corrected chi connectivity index (χ1v) is 8.90. The topological polar surface area (TPSA) is 89.6 Å². The maximum atomic E-state index is 13.0. The predicted octanol–water partition coefficient (Wildman–Crippen LogP) is 0.837. The highest BCUT2D eigenvalue weighted by molar-refractivity contribution is 5.91. The summed E-state index contributed by atoms with van der Waals surface area (Å²) in [6, 6.07) is 4.73. The molecule has 3 aliphatic rings. The number of pyridine rings is 1. The fraction of sp³-hybridized carbons (Fsp3) is 0.389. The number of fused-ring (bicyclic) bond motifs is 3. The Morgan fingerprint density at radius 2 is 2.27 bits per heavy atom. The quantitative estimate of drug-likeness (QED) is 0.748. The first-order chi connectivity index (χ1) is 12.7. The normalized spacial score (nSPS) is 23.4. The number of anilines is 1. The van der Waals surface area contributed by atoms with Crippen LogP contribution in [0.1, 0.15) is 13.3 Å². The maximum absolute atomic E-state index is 13.0. The number of allylic oxidation sites excluding steroid dienone is 1. The molecule has 4 heterocycles. The third kappa shape index (κ3) is 2.87. The van der Waals surface area contributed by atoms with E-state index in [-0.39, 0.29) is 18.0 Å². The average Bonchev–Trinajstić information content (AvgIpc) is 3.07. The number of rotatable bonds is 3. The van der Waals surface area contributed by atoms with E-state index in [0.29, 0.717) is 18.2 Å². The molecule has 1 fully saturated rings. The van der Waals surface area contributed by atoms with Gasteiger partial charge in [-0.3, -0.25) is 15.0 Å². The predicted molar refractivity (Wildman–Crippen MR) is 96.8 cm³/mol. The van der Waals surface area contributed by atoms with Gasteiger partial charge in [0.15, 0.2) is 0 Å². The van der Waals surface area contributed by atoms with E-state index >= 15 is 0 Å². The number of urea groups is 1. The summed E-state index contributed by atoms with van der Waals surface area (Å²) in [6.45, 7) is 4.14. The molecule has 0 spiro atoms. The van der Waals surface area contributed by atoms with Crippen LogP contribution in [0.25, 0.3) is 0 Å². The molecule has 8 nitrogen and oxygen atoms in total. The molecule has 3 N–H and O–H groups in total. The highest BCUT2D eigenvalue weighted by Gasteiger charge is 2.42. The van der Waals surface area contributed by atoms with Crippen molar-refractivity contribution >= 4 is 17.8 Å². The van der Waals surface area contributed by atoms with Crippen LogP contribution in [0.2, 0.25) is 0 Å². The van der Waals surface area contributed by atoms with Crippen LogP contribution in [-0.2, 0) is 4.79 Å². The first-order valence-electron chi connectivity index (χ1n) is 8.90. The number of hydrogen-bond acceptors (Lipinski definition) is 5. The molecule has 2 atom stereocenters. The fourth-order valence-corrected chi connectivity index (χ4v) is 3.65. The van der Waals surface area contributed by atoms with Crippen molar-refractivity contribution in [1.29, 1.82) is 0 Å². The summed E-state index contributed by atoms with van der Waals surface area (Å²) in [6.07, 6.45) is 6.32. The summed E-state index contributed by atoms with van der Waals surface area (Å²) in [7, 11) is 0. The van der Waals surface area contributed by atoms with Crippen LogP contribution < -0.4 is 16.0 Å². The van der Waals surface area contributed by atoms with Gasteiger partial charge in [-0.2, -0.15) is 0 Å². The lowest BCUT2D eigenvalue weighted by atomic mass is 10.1. The second-order valence-electron chi connectivity index (χ2n) is 6.51. The van der Waals surface area contributed by atoms with Gasteiger partial charge >= 0.3 is 6.03 Å². The summed E-state index contributed by atoms with van der Waals surface area (Å²) < 4.78 is 0. The Bertz CT molecular complexity index is 775. The molecule has 0 radical (unpaired) electrons. The van der Waals surface area contributed by atoms with E-state index in [2.05, 4.69) is 25.8 Å². The van der Waals surface area contributed by atoms with E-state index in [1.165, 1.54) is 0 Å².